The minimum Gasteiger partial charge on any atom is -0.354 e. The standard InChI is InChI=1S/C24H29N5.HI/c1-25-24(28-22-7-3-4-8-22)27-16-21-6-2-5-9-23(21)20-12-10-19(11-13-20)17-29-15-14-26-18-29;/h2,5-6,9-15,18,22H,3-4,7-8,16-17H2,1H3,(H2,25,27,28);1H. The van der Waals surface area contributed by atoms with E-state index in [0.717, 1.165) is 19.0 Å². The van der Waals surface area contributed by atoms with E-state index in [2.05, 4.69) is 73.7 Å². The summed E-state index contributed by atoms with van der Waals surface area (Å²) in [6.07, 6.45) is 10.8. The van der Waals surface area contributed by atoms with Gasteiger partial charge in [-0.1, -0.05) is 61.4 Å². The second-order valence-electron chi connectivity index (χ2n) is 7.64. The van der Waals surface area contributed by atoms with Crippen molar-refractivity contribution in [2.75, 3.05) is 7.05 Å². The highest BCUT2D eigenvalue weighted by Crippen LogP contribution is 2.24. The Morgan fingerprint density at radius 3 is 2.57 bits per heavy atom. The number of rotatable bonds is 6. The molecule has 5 nitrogen and oxygen atoms in total. The maximum absolute atomic E-state index is 4.40. The van der Waals surface area contributed by atoms with Gasteiger partial charge in [-0.25, -0.2) is 4.98 Å². The molecule has 1 saturated carbocycles. The molecule has 2 aromatic carbocycles. The van der Waals surface area contributed by atoms with Crippen molar-refractivity contribution in [1.82, 2.24) is 20.2 Å². The minimum absolute atomic E-state index is 0. The first-order valence-corrected chi connectivity index (χ1v) is 10.4. The number of imidazole rings is 1. The van der Waals surface area contributed by atoms with Crippen molar-refractivity contribution in [3.05, 3.63) is 78.4 Å². The van der Waals surface area contributed by atoms with Crippen LogP contribution in [0.3, 0.4) is 0 Å². The highest BCUT2D eigenvalue weighted by molar-refractivity contribution is 14.0. The Morgan fingerprint density at radius 2 is 1.87 bits per heavy atom. The summed E-state index contributed by atoms with van der Waals surface area (Å²) in [4.78, 5) is 8.51. The van der Waals surface area contributed by atoms with Gasteiger partial charge in [-0.15, -0.1) is 24.0 Å². The number of hydrogen-bond acceptors (Lipinski definition) is 2. The molecule has 0 aliphatic heterocycles. The lowest BCUT2D eigenvalue weighted by Crippen LogP contribution is -2.42. The highest BCUT2D eigenvalue weighted by Gasteiger charge is 2.16. The van der Waals surface area contributed by atoms with Crippen molar-refractivity contribution in [3.8, 4) is 11.1 Å². The van der Waals surface area contributed by atoms with Crippen molar-refractivity contribution in [2.24, 2.45) is 4.99 Å². The molecule has 1 aromatic heterocycles. The van der Waals surface area contributed by atoms with Gasteiger partial charge in [0.2, 0.25) is 0 Å². The summed E-state index contributed by atoms with van der Waals surface area (Å²) in [5.74, 6) is 0.891. The van der Waals surface area contributed by atoms with Gasteiger partial charge < -0.3 is 15.2 Å². The first kappa shape index (κ1) is 22.3. The van der Waals surface area contributed by atoms with E-state index < -0.39 is 0 Å². The van der Waals surface area contributed by atoms with E-state index in [1.807, 2.05) is 25.8 Å². The van der Waals surface area contributed by atoms with Crippen LogP contribution < -0.4 is 10.6 Å². The molecule has 6 heteroatoms. The third-order valence-electron chi connectivity index (χ3n) is 5.57. The van der Waals surface area contributed by atoms with Crippen LogP contribution in [-0.4, -0.2) is 28.6 Å². The normalized spacial score (nSPS) is 14.4. The quantitative estimate of drug-likeness (QED) is 0.281. The van der Waals surface area contributed by atoms with E-state index in [9.17, 15) is 0 Å². The summed E-state index contributed by atoms with van der Waals surface area (Å²) in [5.41, 5.74) is 5.02. The average Bonchev–Trinajstić information content (AvgIpc) is 3.46. The molecule has 0 atom stereocenters. The number of benzene rings is 2. The van der Waals surface area contributed by atoms with Crippen molar-refractivity contribution in [2.45, 2.75) is 44.8 Å². The molecule has 158 valence electrons. The van der Waals surface area contributed by atoms with Crippen molar-refractivity contribution < 1.29 is 0 Å². The molecule has 1 heterocycles. The fourth-order valence-electron chi connectivity index (χ4n) is 3.97. The van der Waals surface area contributed by atoms with Crippen LogP contribution in [0.2, 0.25) is 0 Å². The predicted octanol–water partition coefficient (Wildman–Crippen LogP) is 4.82. The maximum atomic E-state index is 4.40. The van der Waals surface area contributed by atoms with Crippen LogP contribution in [0.5, 0.6) is 0 Å². The van der Waals surface area contributed by atoms with Crippen molar-refractivity contribution in [1.29, 1.82) is 0 Å². The van der Waals surface area contributed by atoms with Crippen molar-refractivity contribution >= 4 is 29.9 Å². The van der Waals surface area contributed by atoms with E-state index in [1.54, 1.807) is 0 Å². The molecule has 0 amide bonds. The van der Waals surface area contributed by atoms with Crippen LogP contribution in [0.4, 0.5) is 0 Å². The number of halogens is 1. The molecular weight excluding hydrogens is 485 g/mol. The number of nitrogens with one attached hydrogen (secondary N) is 2. The smallest absolute Gasteiger partial charge is 0.191 e. The molecule has 0 saturated heterocycles. The van der Waals surface area contributed by atoms with E-state index in [0.29, 0.717) is 6.04 Å². The largest absolute Gasteiger partial charge is 0.354 e. The maximum Gasteiger partial charge on any atom is 0.191 e. The van der Waals surface area contributed by atoms with Crippen LogP contribution >= 0.6 is 24.0 Å². The van der Waals surface area contributed by atoms with Gasteiger partial charge in [0, 0.05) is 38.6 Å². The van der Waals surface area contributed by atoms with Gasteiger partial charge in [0.05, 0.1) is 6.33 Å². The molecular formula is C24H30IN5. The third kappa shape index (κ3) is 5.84. The molecule has 0 radical (unpaired) electrons. The second-order valence-corrected chi connectivity index (χ2v) is 7.64. The molecule has 30 heavy (non-hydrogen) atoms. The Hall–Kier alpha value is -2.35. The first-order chi connectivity index (χ1) is 14.3. The Balaban J connectivity index is 0.00000256. The number of hydrogen-bond donors (Lipinski definition) is 2. The van der Waals surface area contributed by atoms with Crippen molar-refractivity contribution in [3.63, 3.8) is 0 Å². The van der Waals surface area contributed by atoms with E-state index in [-0.39, 0.29) is 24.0 Å². The summed E-state index contributed by atoms with van der Waals surface area (Å²) < 4.78 is 2.08. The summed E-state index contributed by atoms with van der Waals surface area (Å²) >= 11 is 0. The zero-order chi connectivity index (χ0) is 19.9. The van der Waals surface area contributed by atoms with Gasteiger partial charge in [0.1, 0.15) is 0 Å². The number of aromatic nitrogens is 2. The fourth-order valence-corrected chi connectivity index (χ4v) is 3.97. The lowest BCUT2D eigenvalue weighted by atomic mass is 9.98. The first-order valence-electron chi connectivity index (χ1n) is 10.4. The monoisotopic (exact) mass is 515 g/mol. The van der Waals surface area contributed by atoms with Gasteiger partial charge >= 0.3 is 0 Å². The summed E-state index contributed by atoms with van der Waals surface area (Å²) in [6.45, 7) is 1.59. The van der Waals surface area contributed by atoms with Crippen LogP contribution in [-0.2, 0) is 13.1 Å². The minimum atomic E-state index is 0. The topological polar surface area (TPSA) is 54.2 Å². The van der Waals surface area contributed by atoms with Gasteiger partial charge in [-0.3, -0.25) is 4.99 Å². The van der Waals surface area contributed by atoms with Crippen LogP contribution in [0.1, 0.15) is 36.8 Å². The second kappa shape index (κ2) is 11.2. The van der Waals surface area contributed by atoms with E-state index in [4.69, 9.17) is 0 Å². The van der Waals surface area contributed by atoms with Gasteiger partial charge in [0.15, 0.2) is 5.96 Å². The molecule has 0 unspecified atom stereocenters. The Labute approximate surface area is 196 Å². The molecule has 0 bridgehead atoms. The van der Waals surface area contributed by atoms with Gasteiger partial charge in [-0.2, -0.15) is 0 Å². The Bertz CT molecular complexity index is 928. The third-order valence-corrected chi connectivity index (χ3v) is 5.57. The van der Waals surface area contributed by atoms with Gasteiger partial charge in [0.25, 0.3) is 0 Å². The molecule has 2 N–H and O–H groups in total. The average molecular weight is 515 g/mol. The summed E-state index contributed by atoms with van der Waals surface area (Å²) in [5, 5.41) is 7.05. The van der Waals surface area contributed by atoms with E-state index in [1.165, 1.54) is 47.9 Å². The molecule has 4 rings (SSSR count). The SMILES string of the molecule is CN=C(NCc1ccccc1-c1ccc(Cn2ccnc2)cc1)NC1CCCC1.I. The molecule has 1 fully saturated rings. The lowest BCUT2D eigenvalue weighted by molar-refractivity contribution is 0.613. The van der Waals surface area contributed by atoms with Crippen LogP contribution in [0.15, 0.2) is 72.2 Å². The Morgan fingerprint density at radius 1 is 1.10 bits per heavy atom. The molecule has 1 aliphatic carbocycles. The summed E-state index contributed by atoms with van der Waals surface area (Å²) in [6, 6.07) is 17.9. The molecule has 3 aromatic rings. The van der Waals surface area contributed by atoms with Crippen LogP contribution in [0, 0.1) is 0 Å². The molecule has 0 spiro atoms. The number of aliphatic imine (C=N–C) groups is 1. The van der Waals surface area contributed by atoms with E-state index >= 15 is 0 Å². The fraction of sp³-hybridized carbons (Fsp3) is 0.333. The molecule has 1 aliphatic rings. The predicted molar refractivity (Wildman–Crippen MR) is 134 cm³/mol. The number of nitrogens with zero attached hydrogens (tertiary/aromatic N) is 3. The number of guanidine groups is 1. The highest BCUT2D eigenvalue weighted by atomic mass is 127. The zero-order valence-corrected chi connectivity index (χ0v) is 19.8. The Kier molecular flexibility index (Phi) is 8.30. The van der Waals surface area contributed by atoms with Crippen LogP contribution in [0.25, 0.3) is 11.1 Å². The lowest BCUT2D eigenvalue weighted by Gasteiger charge is -2.18. The van der Waals surface area contributed by atoms with Gasteiger partial charge in [-0.05, 0) is 35.1 Å². The zero-order valence-electron chi connectivity index (χ0n) is 17.4. The summed E-state index contributed by atoms with van der Waals surface area (Å²) in [7, 11) is 1.84.